The molecule has 206 valence electrons. The van der Waals surface area contributed by atoms with E-state index < -0.39 is 0 Å². The molecule has 3 aliphatic carbocycles. The zero-order valence-corrected chi connectivity index (χ0v) is 24.1. The van der Waals surface area contributed by atoms with Crippen molar-refractivity contribution >= 4 is 40.9 Å². The molecule has 0 saturated carbocycles. The number of carbonyl (C=O) groups excluding carboxylic acids is 2. The van der Waals surface area contributed by atoms with Crippen LogP contribution < -0.4 is 0 Å². The lowest BCUT2D eigenvalue weighted by Gasteiger charge is -2.38. The van der Waals surface area contributed by atoms with Gasteiger partial charge in [-0.15, -0.1) is 0 Å². The van der Waals surface area contributed by atoms with Gasteiger partial charge in [0.05, 0.1) is 22.5 Å². The summed E-state index contributed by atoms with van der Waals surface area (Å²) in [6.45, 7) is 8.68. The van der Waals surface area contributed by atoms with Gasteiger partial charge >= 0.3 is 0 Å². The predicted octanol–water partition coefficient (Wildman–Crippen LogP) is 7.23. The van der Waals surface area contributed by atoms with Crippen molar-refractivity contribution in [2.45, 2.75) is 40.5 Å². The minimum Gasteiger partial charge on any atom is -0.268 e. The van der Waals surface area contributed by atoms with Crippen molar-refractivity contribution in [2.24, 2.45) is 32.7 Å². The van der Waals surface area contributed by atoms with Gasteiger partial charge < -0.3 is 0 Å². The monoisotopic (exact) mass is 550 g/mol. The zero-order chi connectivity index (χ0) is 28.7. The molecule has 0 bridgehead atoms. The topological polar surface area (TPSA) is 65.3 Å². The van der Waals surface area contributed by atoms with Gasteiger partial charge in [0.25, 0.3) is 11.8 Å². The Balaban J connectivity index is 1.25. The van der Waals surface area contributed by atoms with E-state index in [9.17, 15) is 9.59 Å². The summed E-state index contributed by atoms with van der Waals surface area (Å²) in [5.74, 6) is 1.40. The SMILES string of the molecule is CC1(C)C=CC2CCC=C3C2C(=C1)N=C1c2cc4c(cc2C(=O)N31)C(=O)N1C2=CC(C)(C)C=Cc3cccc(c32)N=C41. The average molecular weight is 551 g/mol. The average Bonchev–Trinajstić information content (AvgIpc) is 3.26. The summed E-state index contributed by atoms with van der Waals surface area (Å²) in [5, 5.41) is 0. The van der Waals surface area contributed by atoms with Gasteiger partial charge in [-0.3, -0.25) is 19.4 Å². The van der Waals surface area contributed by atoms with Crippen LogP contribution in [0, 0.1) is 22.7 Å². The van der Waals surface area contributed by atoms with Crippen LogP contribution >= 0.6 is 0 Å². The number of hydrogen-bond donors (Lipinski definition) is 0. The second kappa shape index (κ2) is 7.62. The highest BCUT2D eigenvalue weighted by Crippen LogP contribution is 2.50. The molecule has 2 atom stereocenters. The fraction of sp³-hybridized carbons (Fsp3) is 0.278. The van der Waals surface area contributed by atoms with Crippen molar-refractivity contribution in [3.05, 3.63) is 112 Å². The molecule has 9 rings (SSSR count). The molecule has 0 aromatic heterocycles. The Morgan fingerprint density at radius 1 is 0.833 bits per heavy atom. The number of rotatable bonds is 0. The van der Waals surface area contributed by atoms with Crippen molar-refractivity contribution in [1.82, 2.24) is 9.80 Å². The van der Waals surface area contributed by atoms with E-state index in [0.717, 1.165) is 57.9 Å². The Morgan fingerprint density at radius 3 is 2.36 bits per heavy atom. The molecule has 4 aliphatic heterocycles. The third-order valence-electron chi connectivity index (χ3n) is 9.63. The van der Waals surface area contributed by atoms with Crippen LogP contribution in [0.3, 0.4) is 0 Å². The maximum Gasteiger partial charge on any atom is 0.264 e. The molecule has 0 saturated heterocycles. The largest absolute Gasteiger partial charge is 0.268 e. The number of allylic oxidation sites excluding steroid dienone is 6. The quantitative estimate of drug-likeness (QED) is 0.325. The molecule has 2 aromatic rings. The van der Waals surface area contributed by atoms with Crippen LogP contribution in [0.15, 0.2) is 88.2 Å². The highest BCUT2D eigenvalue weighted by molar-refractivity contribution is 6.33. The zero-order valence-electron chi connectivity index (χ0n) is 24.1. The number of amides is 2. The Morgan fingerprint density at radius 2 is 1.55 bits per heavy atom. The Bertz CT molecular complexity index is 1940. The van der Waals surface area contributed by atoms with E-state index in [1.54, 1.807) is 11.0 Å². The molecule has 7 aliphatic rings. The van der Waals surface area contributed by atoms with Gasteiger partial charge in [-0.2, -0.15) is 0 Å². The van der Waals surface area contributed by atoms with Gasteiger partial charge in [0, 0.05) is 44.8 Å². The summed E-state index contributed by atoms with van der Waals surface area (Å²) in [5.41, 5.74) is 7.95. The van der Waals surface area contributed by atoms with E-state index in [1.807, 2.05) is 23.1 Å². The van der Waals surface area contributed by atoms with Gasteiger partial charge in [-0.25, -0.2) is 9.98 Å². The molecule has 0 spiro atoms. The molecule has 0 radical (unpaired) electrons. The summed E-state index contributed by atoms with van der Waals surface area (Å²) in [7, 11) is 0. The van der Waals surface area contributed by atoms with Crippen molar-refractivity contribution in [1.29, 1.82) is 0 Å². The molecule has 2 unspecified atom stereocenters. The highest BCUT2D eigenvalue weighted by atomic mass is 16.2. The first-order chi connectivity index (χ1) is 20.1. The van der Waals surface area contributed by atoms with Crippen LogP contribution in [0.5, 0.6) is 0 Å². The predicted molar refractivity (Wildman–Crippen MR) is 164 cm³/mol. The molecule has 6 heteroatoms. The van der Waals surface area contributed by atoms with Crippen molar-refractivity contribution in [3.8, 4) is 0 Å². The summed E-state index contributed by atoms with van der Waals surface area (Å²) in [4.78, 5) is 42.1. The van der Waals surface area contributed by atoms with Gasteiger partial charge in [0.1, 0.15) is 11.7 Å². The van der Waals surface area contributed by atoms with E-state index in [-0.39, 0.29) is 28.6 Å². The standard InChI is InChI=1S/C36H30N4O2/c1-35(2)13-11-20-8-6-10-27-30(20)26(17-35)38-32-22-15-21-24(16-23(22)33(41)39(27)32)34(42)40-28-18-36(3,4)14-12-19-7-5-9-25(29(19)28)37-31(21)40/h5,7,9-18,20,30H,6,8H2,1-4H3. The van der Waals surface area contributed by atoms with E-state index in [0.29, 0.717) is 28.7 Å². The van der Waals surface area contributed by atoms with Gasteiger partial charge in [-0.1, -0.05) is 82.4 Å². The lowest BCUT2D eigenvalue weighted by Crippen LogP contribution is -2.40. The minimum absolute atomic E-state index is 0.0651. The second-order valence-corrected chi connectivity index (χ2v) is 13.6. The summed E-state index contributed by atoms with van der Waals surface area (Å²) >= 11 is 0. The summed E-state index contributed by atoms with van der Waals surface area (Å²) in [6, 6.07) is 9.86. The first-order valence-corrected chi connectivity index (χ1v) is 14.8. The van der Waals surface area contributed by atoms with Crippen LogP contribution in [-0.4, -0.2) is 33.3 Å². The maximum atomic E-state index is 14.2. The number of benzene rings is 2. The Hall–Kier alpha value is -4.58. The number of fused-ring (bicyclic) bond motifs is 8. The molecule has 2 aromatic carbocycles. The fourth-order valence-corrected chi connectivity index (χ4v) is 7.68. The first-order valence-electron chi connectivity index (χ1n) is 14.8. The number of aliphatic imine (C=N–C) groups is 2. The van der Waals surface area contributed by atoms with Crippen LogP contribution in [0.2, 0.25) is 0 Å². The van der Waals surface area contributed by atoms with Crippen LogP contribution in [0.1, 0.15) is 83.5 Å². The van der Waals surface area contributed by atoms with Crippen molar-refractivity contribution in [2.75, 3.05) is 0 Å². The van der Waals surface area contributed by atoms with E-state index in [4.69, 9.17) is 9.98 Å². The number of hydrogen-bond acceptors (Lipinski definition) is 4. The van der Waals surface area contributed by atoms with Crippen LogP contribution in [0.4, 0.5) is 5.69 Å². The van der Waals surface area contributed by atoms with Crippen LogP contribution in [-0.2, 0) is 0 Å². The maximum absolute atomic E-state index is 14.2. The smallest absolute Gasteiger partial charge is 0.264 e. The molecule has 2 amide bonds. The van der Waals surface area contributed by atoms with Gasteiger partial charge in [0.15, 0.2) is 0 Å². The molecular weight excluding hydrogens is 520 g/mol. The van der Waals surface area contributed by atoms with Crippen LogP contribution in [0.25, 0.3) is 11.8 Å². The van der Waals surface area contributed by atoms with E-state index in [2.05, 4.69) is 76.3 Å². The third kappa shape index (κ3) is 3.04. The normalized spacial score (nSPS) is 26.3. The third-order valence-corrected chi connectivity index (χ3v) is 9.63. The molecule has 4 heterocycles. The lowest BCUT2D eigenvalue weighted by atomic mass is 9.78. The van der Waals surface area contributed by atoms with Gasteiger partial charge in [0.2, 0.25) is 0 Å². The fourth-order valence-electron chi connectivity index (χ4n) is 7.68. The molecule has 0 N–H and O–H groups in total. The van der Waals surface area contributed by atoms with Crippen molar-refractivity contribution in [3.63, 3.8) is 0 Å². The molecule has 6 nitrogen and oxygen atoms in total. The summed E-state index contributed by atoms with van der Waals surface area (Å²) in [6.07, 6.45) is 17.5. The molecular formula is C36H30N4O2. The lowest BCUT2D eigenvalue weighted by molar-refractivity contribution is 0.0871. The van der Waals surface area contributed by atoms with Gasteiger partial charge in [-0.05, 0) is 42.5 Å². The molecule has 0 fully saturated rings. The first kappa shape index (κ1) is 24.1. The highest BCUT2D eigenvalue weighted by Gasteiger charge is 2.49. The number of nitrogens with zero attached hydrogens (tertiary/aromatic N) is 4. The van der Waals surface area contributed by atoms with E-state index >= 15 is 0 Å². The van der Waals surface area contributed by atoms with E-state index in [1.165, 1.54) is 0 Å². The number of carbonyl (C=O) groups is 2. The molecule has 42 heavy (non-hydrogen) atoms. The Labute approximate surface area is 244 Å². The Kier molecular flexibility index (Phi) is 4.37. The number of amidine groups is 2. The van der Waals surface area contributed by atoms with Crippen molar-refractivity contribution < 1.29 is 9.59 Å². The minimum atomic E-state index is -0.255. The summed E-state index contributed by atoms with van der Waals surface area (Å²) < 4.78 is 0. The second-order valence-electron chi connectivity index (χ2n) is 13.6.